The van der Waals surface area contributed by atoms with Crippen molar-refractivity contribution in [3.05, 3.63) is 129 Å². The highest BCUT2D eigenvalue weighted by atomic mass is 35.5. The number of hydrogen-bond acceptors (Lipinski definition) is 4. The third-order valence-corrected chi connectivity index (χ3v) is 9.52. The first-order valence-corrected chi connectivity index (χ1v) is 15.8. The van der Waals surface area contributed by atoms with Gasteiger partial charge in [-0.15, -0.1) is 0 Å². The number of aryl methyl sites for hydroxylation is 2. The standard InChI is InChI=1S/C33H33Cl2N3O4S/c1-23-13-17-28(18-14-23)43(41,42)38(30-20-27(34)16-15-24(30)2)22-32(39)37(21-26-11-7-8-12-29(26)35)31(33(40)36-3)19-25-9-5-4-6-10-25/h4-18,20,31H,19,21-22H2,1-3H3,(H,36,40)/t31-/m1/s1. The molecule has 0 fully saturated rings. The number of anilines is 1. The van der Waals surface area contributed by atoms with E-state index in [4.69, 9.17) is 23.2 Å². The molecule has 7 nitrogen and oxygen atoms in total. The van der Waals surface area contributed by atoms with Crippen LogP contribution >= 0.6 is 23.2 Å². The lowest BCUT2D eigenvalue weighted by atomic mass is 10.0. The fraction of sp³-hybridized carbons (Fsp3) is 0.212. The van der Waals surface area contributed by atoms with Crippen molar-refractivity contribution in [2.24, 2.45) is 0 Å². The molecule has 2 amide bonds. The van der Waals surface area contributed by atoms with Crippen LogP contribution in [0.3, 0.4) is 0 Å². The summed E-state index contributed by atoms with van der Waals surface area (Å²) in [5.41, 5.74) is 3.21. The molecule has 0 aliphatic heterocycles. The van der Waals surface area contributed by atoms with Crippen molar-refractivity contribution in [1.29, 1.82) is 0 Å². The summed E-state index contributed by atoms with van der Waals surface area (Å²) in [4.78, 5) is 29.2. The molecule has 1 N–H and O–H groups in total. The van der Waals surface area contributed by atoms with E-state index in [0.717, 1.165) is 15.4 Å². The maximum atomic E-state index is 14.4. The monoisotopic (exact) mass is 637 g/mol. The number of halogens is 2. The molecule has 0 radical (unpaired) electrons. The minimum atomic E-state index is -4.23. The summed E-state index contributed by atoms with van der Waals surface area (Å²) in [5, 5.41) is 3.41. The number of carbonyl (C=O) groups is 2. The molecular formula is C33H33Cl2N3O4S. The molecule has 4 aromatic rings. The van der Waals surface area contributed by atoms with Gasteiger partial charge in [0.2, 0.25) is 11.8 Å². The van der Waals surface area contributed by atoms with Gasteiger partial charge in [-0.2, -0.15) is 0 Å². The molecule has 43 heavy (non-hydrogen) atoms. The Morgan fingerprint density at radius 3 is 2.16 bits per heavy atom. The van der Waals surface area contributed by atoms with Crippen LogP contribution in [0.2, 0.25) is 10.0 Å². The Labute approximate surface area is 263 Å². The Morgan fingerprint density at radius 2 is 1.51 bits per heavy atom. The smallest absolute Gasteiger partial charge is 0.264 e. The van der Waals surface area contributed by atoms with Crippen molar-refractivity contribution < 1.29 is 18.0 Å². The van der Waals surface area contributed by atoms with Crippen molar-refractivity contribution in [2.45, 2.75) is 37.8 Å². The second kappa shape index (κ2) is 14.1. The molecule has 4 rings (SSSR count). The summed E-state index contributed by atoms with van der Waals surface area (Å²) >= 11 is 12.8. The normalized spacial score (nSPS) is 11.9. The van der Waals surface area contributed by atoms with E-state index in [1.165, 1.54) is 30.1 Å². The van der Waals surface area contributed by atoms with Crippen LogP contribution in [0.4, 0.5) is 5.69 Å². The van der Waals surface area contributed by atoms with E-state index >= 15 is 0 Å². The molecule has 0 aliphatic carbocycles. The summed E-state index contributed by atoms with van der Waals surface area (Å²) in [5.74, 6) is -0.976. The lowest BCUT2D eigenvalue weighted by molar-refractivity contribution is -0.139. The highest BCUT2D eigenvalue weighted by molar-refractivity contribution is 7.92. The molecule has 10 heteroatoms. The van der Waals surface area contributed by atoms with Gasteiger partial charge in [-0.05, 0) is 60.9 Å². The third kappa shape index (κ3) is 7.76. The highest BCUT2D eigenvalue weighted by Crippen LogP contribution is 2.30. The molecule has 0 unspecified atom stereocenters. The molecule has 0 aromatic heterocycles. The van der Waals surface area contributed by atoms with E-state index in [1.807, 2.05) is 37.3 Å². The van der Waals surface area contributed by atoms with Crippen LogP contribution < -0.4 is 9.62 Å². The number of benzene rings is 4. The molecule has 0 bridgehead atoms. The van der Waals surface area contributed by atoms with Gasteiger partial charge in [-0.1, -0.05) is 95.5 Å². The molecule has 1 atom stereocenters. The topological polar surface area (TPSA) is 86.8 Å². The predicted molar refractivity (Wildman–Crippen MR) is 172 cm³/mol. The van der Waals surface area contributed by atoms with E-state index in [2.05, 4.69) is 5.32 Å². The Kier molecular flexibility index (Phi) is 10.5. The Bertz CT molecular complexity index is 1700. The third-order valence-electron chi connectivity index (χ3n) is 7.14. The first-order valence-electron chi connectivity index (χ1n) is 13.6. The number of nitrogens with zero attached hydrogens (tertiary/aromatic N) is 2. The van der Waals surface area contributed by atoms with Gasteiger partial charge in [0.1, 0.15) is 12.6 Å². The molecular weight excluding hydrogens is 605 g/mol. The molecule has 0 heterocycles. The fourth-order valence-corrected chi connectivity index (χ4v) is 6.57. The van der Waals surface area contributed by atoms with E-state index in [1.54, 1.807) is 55.5 Å². The van der Waals surface area contributed by atoms with Crippen LogP contribution in [0.25, 0.3) is 0 Å². The number of sulfonamides is 1. The summed E-state index contributed by atoms with van der Waals surface area (Å²) < 4.78 is 29.3. The molecule has 4 aromatic carbocycles. The number of nitrogens with one attached hydrogen (secondary N) is 1. The zero-order chi connectivity index (χ0) is 31.1. The van der Waals surface area contributed by atoms with Gasteiger partial charge >= 0.3 is 0 Å². The summed E-state index contributed by atoms with van der Waals surface area (Å²) in [6.45, 7) is 3.01. The number of likely N-dealkylation sites (N-methyl/N-ethyl adjacent to an activating group) is 1. The second-order valence-electron chi connectivity index (χ2n) is 10.2. The largest absolute Gasteiger partial charge is 0.357 e. The maximum absolute atomic E-state index is 14.4. The minimum absolute atomic E-state index is 0.0175. The van der Waals surface area contributed by atoms with Crippen LogP contribution in [0.1, 0.15) is 22.3 Å². The molecule has 0 saturated heterocycles. The number of carbonyl (C=O) groups excluding carboxylic acids is 2. The Morgan fingerprint density at radius 1 is 0.860 bits per heavy atom. The first kappa shape index (κ1) is 32.1. The lowest BCUT2D eigenvalue weighted by Gasteiger charge is -2.34. The summed E-state index contributed by atoms with van der Waals surface area (Å²) in [7, 11) is -2.73. The van der Waals surface area contributed by atoms with Crippen molar-refractivity contribution >= 4 is 50.7 Å². The van der Waals surface area contributed by atoms with Crippen LogP contribution in [0, 0.1) is 13.8 Å². The van der Waals surface area contributed by atoms with E-state index < -0.39 is 34.4 Å². The SMILES string of the molecule is CNC(=O)[C@@H](Cc1ccccc1)N(Cc1ccccc1Cl)C(=O)CN(c1cc(Cl)ccc1C)S(=O)(=O)c1ccc(C)cc1. The second-order valence-corrected chi connectivity index (χ2v) is 12.9. The average Bonchev–Trinajstić information content (AvgIpc) is 3.00. The van der Waals surface area contributed by atoms with Crippen molar-refractivity contribution in [2.75, 3.05) is 17.9 Å². The zero-order valence-electron chi connectivity index (χ0n) is 24.1. The molecule has 224 valence electrons. The van der Waals surface area contributed by atoms with Crippen molar-refractivity contribution in [1.82, 2.24) is 10.2 Å². The van der Waals surface area contributed by atoms with Crippen LogP contribution in [0.15, 0.2) is 102 Å². The lowest BCUT2D eigenvalue weighted by Crippen LogP contribution is -2.53. The van der Waals surface area contributed by atoms with Gasteiger partial charge in [0.25, 0.3) is 10.0 Å². The van der Waals surface area contributed by atoms with Crippen LogP contribution in [-0.2, 0) is 32.6 Å². The number of hydrogen-bond donors (Lipinski definition) is 1. The van der Waals surface area contributed by atoms with E-state index in [9.17, 15) is 18.0 Å². The van der Waals surface area contributed by atoms with Crippen LogP contribution in [0.5, 0.6) is 0 Å². The van der Waals surface area contributed by atoms with Crippen molar-refractivity contribution in [3.63, 3.8) is 0 Å². The van der Waals surface area contributed by atoms with Gasteiger partial charge < -0.3 is 10.2 Å². The molecule has 0 spiro atoms. The Balaban J connectivity index is 1.83. The van der Waals surface area contributed by atoms with Gasteiger partial charge in [0.05, 0.1) is 10.6 Å². The number of rotatable bonds is 11. The predicted octanol–water partition coefficient (Wildman–Crippen LogP) is 6.19. The number of amides is 2. The quantitative estimate of drug-likeness (QED) is 0.212. The molecule has 0 saturated carbocycles. The van der Waals surface area contributed by atoms with Crippen LogP contribution in [-0.4, -0.2) is 44.8 Å². The maximum Gasteiger partial charge on any atom is 0.264 e. The van der Waals surface area contributed by atoms with Crippen molar-refractivity contribution in [3.8, 4) is 0 Å². The van der Waals surface area contributed by atoms with Gasteiger partial charge in [-0.25, -0.2) is 8.42 Å². The van der Waals surface area contributed by atoms with Gasteiger partial charge in [-0.3, -0.25) is 13.9 Å². The van der Waals surface area contributed by atoms with Gasteiger partial charge in [0, 0.05) is 30.1 Å². The van der Waals surface area contributed by atoms with Gasteiger partial charge in [0.15, 0.2) is 0 Å². The Hall–Kier alpha value is -3.85. The average molecular weight is 639 g/mol. The summed E-state index contributed by atoms with van der Waals surface area (Å²) in [6, 6.07) is 26.7. The first-order chi connectivity index (χ1) is 20.5. The molecule has 0 aliphatic rings. The fourth-order valence-electron chi connectivity index (χ4n) is 4.73. The zero-order valence-corrected chi connectivity index (χ0v) is 26.5. The summed E-state index contributed by atoms with van der Waals surface area (Å²) in [6.07, 6.45) is 0.206. The van der Waals surface area contributed by atoms with E-state index in [0.29, 0.717) is 21.2 Å². The minimum Gasteiger partial charge on any atom is -0.357 e. The van der Waals surface area contributed by atoms with E-state index in [-0.39, 0.29) is 23.5 Å². The highest BCUT2D eigenvalue weighted by Gasteiger charge is 2.35.